The third kappa shape index (κ3) is 2.88. The Morgan fingerprint density at radius 1 is 1.04 bits per heavy atom. The number of halogens is 3. The van der Waals surface area contributed by atoms with Crippen LogP contribution in [0.1, 0.15) is 15.9 Å². The summed E-state index contributed by atoms with van der Waals surface area (Å²) in [5.74, 6) is -0.943. The summed E-state index contributed by atoms with van der Waals surface area (Å²) in [6.07, 6.45) is -3.15. The van der Waals surface area contributed by atoms with E-state index in [1.807, 2.05) is 0 Å². The summed E-state index contributed by atoms with van der Waals surface area (Å²) in [6.45, 7) is 0. The Balaban J connectivity index is 2.20. The quantitative estimate of drug-likeness (QED) is 0.759. The lowest BCUT2D eigenvalue weighted by atomic mass is 10.0. The van der Waals surface area contributed by atoms with E-state index in [1.54, 1.807) is 30.3 Å². The van der Waals surface area contributed by atoms with Gasteiger partial charge in [0.2, 0.25) is 0 Å². The highest BCUT2D eigenvalue weighted by molar-refractivity contribution is 6.02. The van der Waals surface area contributed by atoms with Crippen LogP contribution in [-0.2, 0) is 6.18 Å². The van der Waals surface area contributed by atoms with Gasteiger partial charge in [-0.15, -0.1) is 0 Å². The lowest BCUT2D eigenvalue weighted by Crippen LogP contribution is -2.17. The van der Waals surface area contributed by atoms with E-state index in [-0.39, 0.29) is 11.3 Å². The molecule has 0 aliphatic carbocycles. The Labute approximate surface area is 135 Å². The van der Waals surface area contributed by atoms with Crippen LogP contribution in [0.25, 0.3) is 10.9 Å². The molecule has 0 spiro atoms. The fourth-order valence-electron chi connectivity index (χ4n) is 2.47. The van der Waals surface area contributed by atoms with Gasteiger partial charge in [0.05, 0.1) is 22.3 Å². The van der Waals surface area contributed by atoms with Crippen LogP contribution in [0, 0.1) is 0 Å². The Morgan fingerprint density at radius 3 is 2.50 bits per heavy atom. The maximum atomic E-state index is 13.3. The first-order valence-corrected chi connectivity index (χ1v) is 6.98. The van der Waals surface area contributed by atoms with Gasteiger partial charge in [0.15, 0.2) is 0 Å². The van der Waals surface area contributed by atoms with Gasteiger partial charge in [-0.25, -0.2) is 0 Å². The molecule has 0 fully saturated rings. The molecule has 7 heteroatoms. The lowest BCUT2D eigenvalue weighted by molar-refractivity contribution is -0.136. The van der Waals surface area contributed by atoms with Crippen molar-refractivity contribution in [1.82, 2.24) is 4.98 Å². The van der Waals surface area contributed by atoms with E-state index in [0.29, 0.717) is 16.6 Å². The fraction of sp³-hybridized carbons (Fsp3) is 0.0588. The normalized spacial score (nSPS) is 11.5. The molecule has 0 bridgehead atoms. The minimum atomic E-state index is -4.63. The van der Waals surface area contributed by atoms with E-state index in [2.05, 4.69) is 10.3 Å². The number of nitrogens with two attached hydrogens (primary N) is 1. The number of amides is 1. The summed E-state index contributed by atoms with van der Waals surface area (Å²) in [4.78, 5) is 15.7. The largest absolute Gasteiger partial charge is 0.418 e. The van der Waals surface area contributed by atoms with Crippen LogP contribution in [-0.4, -0.2) is 10.9 Å². The molecule has 0 saturated heterocycles. The van der Waals surface area contributed by atoms with Crippen LogP contribution < -0.4 is 11.1 Å². The maximum Gasteiger partial charge on any atom is 0.418 e. The first-order valence-electron chi connectivity index (χ1n) is 6.98. The van der Waals surface area contributed by atoms with Gasteiger partial charge in [0.25, 0.3) is 5.91 Å². The summed E-state index contributed by atoms with van der Waals surface area (Å²) in [5.41, 5.74) is 4.70. The Morgan fingerprint density at radius 2 is 1.79 bits per heavy atom. The van der Waals surface area contributed by atoms with Gasteiger partial charge in [0, 0.05) is 17.3 Å². The van der Waals surface area contributed by atoms with Crippen molar-refractivity contribution in [1.29, 1.82) is 0 Å². The summed E-state index contributed by atoms with van der Waals surface area (Å²) >= 11 is 0. The topological polar surface area (TPSA) is 68.0 Å². The smallest absolute Gasteiger partial charge is 0.366 e. The average molecular weight is 331 g/mol. The zero-order valence-electron chi connectivity index (χ0n) is 12.3. The highest BCUT2D eigenvalue weighted by Gasteiger charge is 2.35. The van der Waals surface area contributed by atoms with Gasteiger partial charge < -0.3 is 11.1 Å². The van der Waals surface area contributed by atoms with Crippen LogP contribution in [0.3, 0.4) is 0 Å². The second-order valence-corrected chi connectivity index (χ2v) is 5.09. The molecule has 1 amide bonds. The number of nitrogens with one attached hydrogen (secondary N) is 1. The summed E-state index contributed by atoms with van der Waals surface area (Å²) in [7, 11) is 0. The third-order valence-corrected chi connectivity index (χ3v) is 3.54. The highest BCUT2D eigenvalue weighted by atomic mass is 19.4. The zero-order chi connectivity index (χ0) is 17.3. The van der Waals surface area contributed by atoms with Crippen molar-refractivity contribution >= 4 is 28.2 Å². The van der Waals surface area contributed by atoms with Crippen LogP contribution in [0.4, 0.5) is 24.5 Å². The van der Waals surface area contributed by atoms with Crippen molar-refractivity contribution in [3.63, 3.8) is 0 Å². The number of fused-ring (bicyclic) bond motifs is 1. The summed E-state index contributed by atoms with van der Waals surface area (Å²) in [6, 6.07) is 11.8. The molecule has 3 N–H and O–H groups in total. The van der Waals surface area contributed by atoms with Crippen molar-refractivity contribution in [2.45, 2.75) is 6.18 Å². The monoisotopic (exact) mass is 331 g/mol. The molecule has 0 radical (unpaired) electrons. The number of carbonyl (C=O) groups excluding carboxylic acids is 1. The standard InChI is InChI=1S/C17H12F3N3O/c18-17(19,20)12-6-3-5-11(16(21)24)15(12)23-14-8-9-22-13-7-2-1-4-10(13)14/h1-9H,(H2,21,24)(H,22,23). The zero-order valence-corrected chi connectivity index (χ0v) is 12.3. The SMILES string of the molecule is NC(=O)c1cccc(C(F)(F)F)c1Nc1ccnc2ccccc12. The number of hydrogen-bond acceptors (Lipinski definition) is 3. The number of pyridine rings is 1. The van der Waals surface area contributed by atoms with Crippen molar-refractivity contribution in [2.24, 2.45) is 5.73 Å². The minimum Gasteiger partial charge on any atom is -0.366 e. The summed E-state index contributed by atoms with van der Waals surface area (Å²) in [5, 5.41) is 3.34. The third-order valence-electron chi connectivity index (χ3n) is 3.54. The van der Waals surface area contributed by atoms with Crippen LogP contribution in [0.2, 0.25) is 0 Å². The fourth-order valence-corrected chi connectivity index (χ4v) is 2.47. The molecule has 0 atom stereocenters. The Kier molecular flexibility index (Phi) is 3.84. The van der Waals surface area contributed by atoms with Crippen molar-refractivity contribution in [3.8, 4) is 0 Å². The van der Waals surface area contributed by atoms with Gasteiger partial charge in [-0.2, -0.15) is 13.2 Å². The van der Waals surface area contributed by atoms with E-state index in [4.69, 9.17) is 5.73 Å². The summed E-state index contributed by atoms with van der Waals surface area (Å²) < 4.78 is 39.9. The number of primary amides is 1. The number of rotatable bonds is 3. The molecule has 0 aliphatic rings. The van der Waals surface area contributed by atoms with Crippen LogP contribution in [0.15, 0.2) is 54.7 Å². The van der Waals surface area contributed by atoms with Gasteiger partial charge in [-0.1, -0.05) is 24.3 Å². The second kappa shape index (κ2) is 5.84. The van der Waals surface area contributed by atoms with E-state index in [9.17, 15) is 18.0 Å². The number of para-hydroxylation sites is 2. The number of hydrogen-bond donors (Lipinski definition) is 2. The molecular weight excluding hydrogens is 319 g/mol. The van der Waals surface area contributed by atoms with E-state index in [0.717, 1.165) is 12.1 Å². The lowest BCUT2D eigenvalue weighted by Gasteiger charge is -2.18. The van der Waals surface area contributed by atoms with Crippen LogP contribution >= 0.6 is 0 Å². The minimum absolute atomic E-state index is 0.231. The molecule has 24 heavy (non-hydrogen) atoms. The molecule has 0 unspecified atom stereocenters. The van der Waals surface area contributed by atoms with E-state index < -0.39 is 17.6 Å². The van der Waals surface area contributed by atoms with Crippen LogP contribution in [0.5, 0.6) is 0 Å². The molecule has 4 nitrogen and oxygen atoms in total. The number of benzene rings is 2. The first-order chi connectivity index (χ1) is 11.4. The molecule has 122 valence electrons. The molecule has 1 aromatic heterocycles. The van der Waals surface area contributed by atoms with Crippen molar-refractivity contribution in [2.75, 3.05) is 5.32 Å². The number of carbonyl (C=O) groups is 1. The molecule has 0 saturated carbocycles. The van der Waals surface area contributed by atoms with Gasteiger partial charge in [0.1, 0.15) is 0 Å². The molecular formula is C17H12F3N3O. The van der Waals surface area contributed by atoms with Crippen molar-refractivity contribution < 1.29 is 18.0 Å². The van der Waals surface area contributed by atoms with E-state index >= 15 is 0 Å². The predicted octanol–water partition coefficient (Wildman–Crippen LogP) is 4.10. The molecule has 2 aromatic carbocycles. The second-order valence-electron chi connectivity index (χ2n) is 5.09. The molecule has 3 rings (SSSR count). The van der Waals surface area contributed by atoms with E-state index in [1.165, 1.54) is 12.3 Å². The predicted molar refractivity (Wildman–Crippen MR) is 85.0 cm³/mol. The van der Waals surface area contributed by atoms with Gasteiger partial charge >= 0.3 is 6.18 Å². The molecule has 0 aliphatic heterocycles. The van der Waals surface area contributed by atoms with Gasteiger partial charge in [-0.3, -0.25) is 9.78 Å². The van der Waals surface area contributed by atoms with Gasteiger partial charge in [-0.05, 0) is 24.3 Å². The number of nitrogens with zero attached hydrogens (tertiary/aromatic N) is 1. The number of alkyl halides is 3. The molecule has 3 aromatic rings. The Bertz CT molecular complexity index is 917. The maximum absolute atomic E-state index is 13.3. The number of anilines is 2. The molecule has 1 heterocycles. The first kappa shape index (κ1) is 15.8. The highest BCUT2D eigenvalue weighted by Crippen LogP contribution is 2.38. The average Bonchev–Trinajstić information content (AvgIpc) is 2.54. The Hall–Kier alpha value is -3.09. The van der Waals surface area contributed by atoms with Crippen molar-refractivity contribution in [3.05, 3.63) is 65.9 Å². The number of aromatic nitrogens is 1.